The van der Waals surface area contributed by atoms with Crippen molar-refractivity contribution in [2.45, 2.75) is 50.4 Å². The zero-order valence-corrected chi connectivity index (χ0v) is 12.3. The standard InChI is InChI=1S/C12H21N5S/c1-10(2)15-12(3,8-13)6-5-7-18-11-16-14-9-17(11)4/h9-10,15H,5-7H2,1-4H3. The number of thioether (sulfide) groups is 1. The fraction of sp³-hybridized carbons (Fsp3) is 0.750. The van der Waals surface area contributed by atoms with Gasteiger partial charge in [0, 0.05) is 18.8 Å². The SMILES string of the molecule is CC(C)NC(C)(C#N)CCCSc1nncn1C. The predicted octanol–water partition coefficient (Wildman–Crippen LogP) is 1.97. The molecule has 18 heavy (non-hydrogen) atoms. The van der Waals surface area contributed by atoms with Crippen LogP contribution in [0.1, 0.15) is 33.6 Å². The number of nitriles is 1. The van der Waals surface area contributed by atoms with Crippen LogP contribution in [0.15, 0.2) is 11.5 Å². The number of hydrogen-bond acceptors (Lipinski definition) is 5. The summed E-state index contributed by atoms with van der Waals surface area (Å²) in [5.74, 6) is 0.948. The van der Waals surface area contributed by atoms with Gasteiger partial charge in [0.05, 0.1) is 6.07 Å². The van der Waals surface area contributed by atoms with Crippen LogP contribution in [0.3, 0.4) is 0 Å². The summed E-state index contributed by atoms with van der Waals surface area (Å²) in [4.78, 5) is 0. The minimum absolute atomic E-state index is 0.320. The van der Waals surface area contributed by atoms with Crippen molar-refractivity contribution < 1.29 is 0 Å². The van der Waals surface area contributed by atoms with Gasteiger partial charge in [-0.3, -0.25) is 5.32 Å². The van der Waals surface area contributed by atoms with Crippen LogP contribution in [0, 0.1) is 11.3 Å². The lowest BCUT2D eigenvalue weighted by Crippen LogP contribution is -2.44. The first kappa shape index (κ1) is 15.0. The second kappa shape index (κ2) is 6.76. The van der Waals surface area contributed by atoms with E-state index in [-0.39, 0.29) is 0 Å². The highest BCUT2D eigenvalue weighted by Gasteiger charge is 2.23. The van der Waals surface area contributed by atoms with Crippen LogP contribution in [-0.4, -0.2) is 32.1 Å². The molecule has 1 aromatic rings. The molecule has 1 unspecified atom stereocenters. The van der Waals surface area contributed by atoms with Crippen LogP contribution >= 0.6 is 11.8 Å². The molecule has 0 fully saturated rings. The Kier molecular flexibility index (Phi) is 5.63. The molecule has 0 saturated heterocycles. The molecule has 1 rings (SSSR count). The van der Waals surface area contributed by atoms with Crippen molar-refractivity contribution in [2.75, 3.05) is 5.75 Å². The highest BCUT2D eigenvalue weighted by molar-refractivity contribution is 7.99. The van der Waals surface area contributed by atoms with E-state index in [1.165, 1.54) is 0 Å². The molecule has 0 aliphatic rings. The molecule has 1 atom stereocenters. The Labute approximate surface area is 113 Å². The Balaban J connectivity index is 2.32. The molecule has 0 bridgehead atoms. The van der Waals surface area contributed by atoms with Crippen molar-refractivity contribution in [2.24, 2.45) is 7.05 Å². The highest BCUT2D eigenvalue weighted by atomic mass is 32.2. The average molecular weight is 267 g/mol. The quantitative estimate of drug-likeness (QED) is 0.604. The summed E-state index contributed by atoms with van der Waals surface area (Å²) >= 11 is 1.68. The Bertz CT molecular complexity index is 409. The number of nitrogens with zero attached hydrogens (tertiary/aromatic N) is 4. The molecule has 0 saturated carbocycles. The maximum atomic E-state index is 9.22. The number of nitrogens with one attached hydrogen (secondary N) is 1. The van der Waals surface area contributed by atoms with E-state index >= 15 is 0 Å². The molecule has 5 nitrogen and oxygen atoms in total. The van der Waals surface area contributed by atoms with Gasteiger partial charge in [0.2, 0.25) is 0 Å². The maximum Gasteiger partial charge on any atom is 0.190 e. The summed E-state index contributed by atoms with van der Waals surface area (Å²) < 4.78 is 1.90. The zero-order valence-electron chi connectivity index (χ0n) is 11.5. The van der Waals surface area contributed by atoms with Gasteiger partial charge in [-0.2, -0.15) is 5.26 Å². The van der Waals surface area contributed by atoms with Crippen LogP contribution in [0.25, 0.3) is 0 Å². The van der Waals surface area contributed by atoms with Crippen LogP contribution < -0.4 is 5.32 Å². The van der Waals surface area contributed by atoms with Gasteiger partial charge in [-0.25, -0.2) is 0 Å². The monoisotopic (exact) mass is 267 g/mol. The summed E-state index contributed by atoms with van der Waals surface area (Å²) in [6, 6.07) is 2.68. The van der Waals surface area contributed by atoms with E-state index in [9.17, 15) is 5.26 Å². The summed E-state index contributed by atoms with van der Waals surface area (Å²) in [5.41, 5.74) is -0.436. The van der Waals surface area contributed by atoms with Gasteiger partial charge in [0.15, 0.2) is 5.16 Å². The van der Waals surface area contributed by atoms with Gasteiger partial charge in [0.25, 0.3) is 0 Å². The van der Waals surface area contributed by atoms with Gasteiger partial charge in [-0.05, 0) is 33.6 Å². The summed E-state index contributed by atoms with van der Waals surface area (Å²) in [6.45, 7) is 6.08. The van der Waals surface area contributed by atoms with Crippen molar-refractivity contribution in [3.63, 3.8) is 0 Å². The van der Waals surface area contributed by atoms with Crippen molar-refractivity contribution in [1.29, 1.82) is 5.26 Å². The van der Waals surface area contributed by atoms with Gasteiger partial charge >= 0.3 is 0 Å². The number of aromatic nitrogens is 3. The number of hydrogen-bond donors (Lipinski definition) is 1. The van der Waals surface area contributed by atoms with Crippen LogP contribution in [0.4, 0.5) is 0 Å². The lowest BCUT2D eigenvalue weighted by molar-refractivity contribution is 0.380. The molecule has 100 valence electrons. The molecule has 0 aliphatic heterocycles. The topological polar surface area (TPSA) is 66.5 Å². The lowest BCUT2D eigenvalue weighted by Gasteiger charge is -2.25. The third kappa shape index (κ3) is 4.67. The third-order valence-corrected chi connectivity index (χ3v) is 3.70. The van der Waals surface area contributed by atoms with Crippen molar-refractivity contribution in [3.8, 4) is 6.07 Å². The van der Waals surface area contributed by atoms with Crippen LogP contribution in [-0.2, 0) is 7.05 Å². The van der Waals surface area contributed by atoms with Crippen LogP contribution in [0.5, 0.6) is 0 Å². The smallest absolute Gasteiger partial charge is 0.190 e. The molecule has 0 amide bonds. The second-order valence-corrected chi connectivity index (χ2v) is 5.98. The molecule has 0 aliphatic carbocycles. The molecule has 6 heteroatoms. The van der Waals surface area contributed by atoms with E-state index in [4.69, 9.17) is 0 Å². The zero-order chi connectivity index (χ0) is 13.6. The van der Waals surface area contributed by atoms with Gasteiger partial charge in [-0.1, -0.05) is 11.8 Å². The second-order valence-electron chi connectivity index (χ2n) is 4.92. The molecular formula is C12H21N5S. The van der Waals surface area contributed by atoms with Crippen molar-refractivity contribution in [1.82, 2.24) is 20.1 Å². The van der Waals surface area contributed by atoms with E-state index in [1.807, 2.05) is 18.5 Å². The first-order valence-electron chi connectivity index (χ1n) is 6.12. The normalized spacial score (nSPS) is 14.4. The van der Waals surface area contributed by atoms with Crippen molar-refractivity contribution in [3.05, 3.63) is 6.33 Å². The predicted molar refractivity (Wildman–Crippen MR) is 73.3 cm³/mol. The molecule has 0 radical (unpaired) electrons. The fourth-order valence-electron chi connectivity index (χ4n) is 1.79. The van der Waals surface area contributed by atoms with Gasteiger partial charge < -0.3 is 4.57 Å². The molecule has 1 N–H and O–H groups in total. The lowest BCUT2D eigenvalue weighted by atomic mass is 9.97. The van der Waals surface area contributed by atoms with E-state index in [2.05, 4.69) is 35.4 Å². The Morgan fingerprint density at radius 3 is 2.83 bits per heavy atom. The first-order valence-corrected chi connectivity index (χ1v) is 7.11. The van der Waals surface area contributed by atoms with E-state index < -0.39 is 5.54 Å². The molecule has 0 aromatic carbocycles. The molecule has 1 heterocycles. The third-order valence-electron chi connectivity index (χ3n) is 2.58. The first-order chi connectivity index (χ1) is 8.47. The Hall–Kier alpha value is -1.06. The maximum absolute atomic E-state index is 9.22. The van der Waals surface area contributed by atoms with Gasteiger partial charge in [0.1, 0.15) is 11.9 Å². The molecular weight excluding hydrogens is 246 g/mol. The highest BCUT2D eigenvalue weighted by Crippen LogP contribution is 2.19. The minimum atomic E-state index is -0.436. The van der Waals surface area contributed by atoms with Crippen molar-refractivity contribution >= 4 is 11.8 Å². The van der Waals surface area contributed by atoms with Gasteiger partial charge in [-0.15, -0.1) is 10.2 Å². The molecule has 1 aromatic heterocycles. The van der Waals surface area contributed by atoms with E-state index in [0.717, 1.165) is 23.8 Å². The number of rotatable bonds is 7. The van der Waals surface area contributed by atoms with E-state index in [1.54, 1.807) is 18.1 Å². The Morgan fingerprint density at radius 1 is 1.61 bits per heavy atom. The Morgan fingerprint density at radius 2 is 2.33 bits per heavy atom. The molecule has 0 spiro atoms. The summed E-state index contributed by atoms with van der Waals surface area (Å²) in [7, 11) is 1.93. The minimum Gasteiger partial charge on any atom is -0.312 e. The summed E-state index contributed by atoms with van der Waals surface area (Å²) in [6.07, 6.45) is 3.51. The summed E-state index contributed by atoms with van der Waals surface area (Å²) in [5, 5.41) is 21.3. The average Bonchev–Trinajstić information content (AvgIpc) is 2.70. The number of aryl methyl sites for hydroxylation is 1. The largest absolute Gasteiger partial charge is 0.312 e. The van der Waals surface area contributed by atoms with E-state index in [0.29, 0.717) is 6.04 Å². The van der Waals surface area contributed by atoms with Crippen LogP contribution in [0.2, 0.25) is 0 Å². The fourth-order valence-corrected chi connectivity index (χ4v) is 2.62.